The number of carbonyl (C=O) groups excluding carboxylic acids is 1. The number of nitrogens with zero attached hydrogens (tertiary/aromatic N) is 2. The van der Waals surface area contributed by atoms with Crippen LogP contribution in [0.25, 0.3) is 11.3 Å². The molecule has 2 aromatic rings. The van der Waals surface area contributed by atoms with Crippen LogP contribution >= 0.6 is 15.9 Å². The molecular formula is C17H18BrN3O3. The Morgan fingerprint density at radius 3 is 2.71 bits per heavy atom. The lowest BCUT2D eigenvalue weighted by Gasteiger charge is -2.37. The van der Waals surface area contributed by atoms with Crippen molar-refractivity contribution in [2.45, 2.75) is 25.8 Å². The van der Waals surface area contributed by atoms with E-state index in [4.69, 9.17) is 0 Å². The van der Waals surface area contributed by atoms with E-state index in [1.807, 2.05) is 24.3 Å². The summed E-state index contributed by atoms with van der Waals surface area (Å²) in [4.78, 5) is 25.7. The maximum absolute atomic E-state index is 12.7. The van der Waals surface area contributed by atoms with Crippen molar-refractivity contribution in [3.8, 4) is 11.3 Å². The highest BCUT2D eigenvalue weighted by Gasteiger charge is 2.36. The van der Waals surface area contributed by atoms with Crippen LogP contribution in [-0.4, -0.2) is 44.7 Å². The molecule has 7 heteroatoms. The number of aromatic amines is 1. The fourth-order valence-electron chi connectivity index (χ4n) is 3.11. The molecule has 3 rings (SSSR count). The van der Waals surface area contributed by atoms with Crippen LogP contribution < -0.4 is 0 Å². The fourth-order valence-corrected chi connectivity index (χ4v) is 3.38. The van der Waals surface area contributed by atoms with Crippen LogP contribution in [0.15, 0.2) is 34.8 Å². The van der Waals surface area contributed by atoms with Crippen molar-refractivity contribution in [2.24, 2.45) is 5.92 Å². The molecule has 0 radical (unpaired) electrons. The summed E-state index contributed by atoms with van der Waals surface area (Å²) in [6, 6.07) is 9.04. The van der Waals surface area contributed by atoms with Gasteiger partial charge in [0.2, 0.25) is 0 Å². The lowest BCUT2D eigenvalue weighted by Crippen LogP contribution is -2.49. The first kappa shape index (κ1) is 16.7. The number of hydrogen-bond donors (Lipinski definition) is 2. The number of aliphatic carboxylic acids is 1. The number of likely N-dealkylation sites (tertiary alicyclic amines) is 1. The smallest absolute Gasteiger partial charge is 0.308 e. The number of hydrogen-bond acceptors (Lipinski definition) is 3. The first-order valence-electron chi connectivity index (χ1n) is 7.82. The van der Waals surface area contributed by atoms with Crippen LogP contribution in [0.1, 0.15) is 30.3 Å². The molecule has 0 spiro atoms. The summed E-state index contributed by atoms with van der Waals surface area (Å²) >= 11 is 3.39. The van der Waals surface area contributed by atoms with E-state index in [9.17, 15) is 14.7 Å². The summed E-state index contributed by atoms with van der Waals surface area (Å²) in [5, 5.41) is 16.3. The number of halogens is 1. The number of aromatic nitrogens is 2. The lowest BCUT2D eigenvalue weighted by molar-refractivity contribution is -0.144. The van der Waals surface area contributed by atoms with Gasteiger partial charge < -0.3 is 10.0 Å². The average Bonchev–Trinajstić information content (AvgIpc) is 3.05. The van der Waals surface area contributed by atoms with Crippen LogP contribution in [0.3, 0.4) is 0 Å². The zero-order chi connectivity index (χ0) is 17.3. The molecule has 1 saturated heterocycles. The van der Waals surface area contributed by atoms with Crippen LogP contribution in [0.5, 0.6) is 0 Å². The Labute approximate surface area is 148 Å². The van der Waals surface area contributed by atoms with Crippen LogP contribution in [0.4, 0.5) is 0 Å². The van der Waals surface area contributed by atoms with Gasteiger partial charge in [-0.25, -0.2) is 0 Å². The molecule has 2 atom stereocenters. The van der Waals surface area contributed by atoms with Gasteiger partial charge in [0.15, 0.2) is 0 Å². The third-order valence-corrected chi connectivity index (χ3v) is 5.04. The highest BCUT2D eigenvalue weighted by Crippen LogP contribution is 2.26. The zero-order valence-corrected chi connectivity index (χ0v) is 14.8. The molecule has 1 aliphatic heterocycles. The number of H-pyrrole nitrogens is 1. The molecule has 1 aromatic carbocycles. The Hall–Kier alpha value is -2.15. The summed E-state index contributed by atoms with van der Waals surface area (Å²) in [5.74, 6) is -1.57. The summed E-state index contributed by atoms with van der Waals surface area (Å²) < 4.78 is 0.972. The van der Waals surface area contributed by atoms with Gasteiger partial charge in [-0.2, -0.15) is 5.10 Å². The summed E-state index contributed by atoms with van der Waals surface area (Å²) in [6.45, 7) is 2.36. The van der Waals surface area contributed by atoms with Crippen molar-refractivity contribution >= 4 is 27.8 Å². The minimum Gasteiger partial charge on any atom is -0.481 e. The predicted octanol–water partition coefficient (Wildman–Crippen LogP) is 3.16. The fraction of sp³-hybridized carbons (Fsp3) is 0.353. The predicted molar refractivity (Wildman–Crippen MR) is 92.6 cm³/mol. The Morgan fingerprint density at radius 2 is 2.04 bits per heavy atom. The standard InChI is InChI=1S/C17H18BrN3O3/c1-10-13(17(23)24)3-2-8-21(10)16(22)15-9-14(19-20-15)11-4-6-12(18)7-5-11/h4-7,9-10,13H,2-3,8H2,1H3,(H,19,20)(H,23,24)/t10-,13-/m1/s1. The number of carboxylic acids is 1. The van der Waals surface area contributed by atoms with E-state index in [2.05, 4.69) is 26.1 Å². The Kier molecular flexibility index (Phi) is 4.71. The molecule has 2 heterocycles. The van der Waals surface area contributed by atoms with Gasteiger partial charge in [-0.05, 0) is 38.0 Å². The van der Waals surface area contributed by atoms with Crippen molar-refractivity contribution in [1.82, 2.24) is 15.1 Å². The summed E-state index contributed by atoms with van der Waals surface area (Å²) in [7, 11) is 0. The first-order valence-corrected chi connectivity index (χ1v) is 8.62. The summed E-state index contributed by atoms with van der Waals surface area (Å²) in [5.41, 5.74) is 1.97. The number of carboxylic acid groups (broad SMARTS) is 1. The third kappa shape index (κ3) is 3.21. The molecule has 1 aliphatic rings. The molecule has 6 nitrogen and oxygen atoms in total. The van der Waals surface area contributed by atoms with E-state index < -0.39 is 11.9 Å². The molecule has 0 aliphatic carbocycles. The summed E-state index contributed by atoms with van der Waals surface area (Å²) in [6.07, 6.45) is 1.30. The Bertz CT molecular complexity index is 757. The van der Waals surface area contributed by atoms with E-state index in [0.717, 1.165) is 10.0 Å². The lowest BCUT2D eigenvalue weighted by atomic mass is 9.90. The Balaban J connectivity index is 1.80. The molecule has 0 bridgehead atoms. The second kappa shape index (κ2) is 6.76. The monoisotopic (exact) mass is 391 g/mol. The maximum atomic E-state index is 12.7. The van der Waals surface area contributed by atoms with Gasteiger partial charge in [-0.15, -0.1) is 0 Å². The average molecular weight is 392 g/mol. The van der Waals surface area contributed by atoms with Gasteiger partial charge in [-0.3, -0.25) is 14.7 Å². The second-order valence-corrected chi connectivity index (χ2v) is 6.92. The van der Waals surface area contributed by atoms with Crippen LogP contribution in [-0.2, 0) is 4.79 Å². The number of piperidine rings is 1. The highest BCUT2D eigenvalue weighted by molar-refractivity contribution is 9.10. The quantitative estimate of drug-likeness (QED) is 0.840. The van der Waals surface area contributed by atoms with Gasteiger partial charge in [0.25, 0.3) is 5.91 Å². The molecule has 1 amide bonds. The molecular weight excluding hydrogens is 374 g/mol. The number of rotatable bonds is 3. The van der Waals surface area contributed by atoms with Crippen molar-refractivity contribution < 1.29 is 14.7 Å². The van der Waals surface area contributed by atoms with Gasteiger partial charge in [0.1, 0.15) is 5.69 Å². The number of benzene rings is 1. The molecule has 2 N–H and O–H groups in total. The van der Waals surface area contributed by atoms with E-state index in [0.29, 0.717) is 30.8 Å². The van der Waals surface area contributed by atoms with E-state index in [-0.39, 0.29) is 11.9 Å². The normalized spacial score (nSPS) is 20.8. The first-order chi connectivity index (χ1) is 11.5. The van der Waals surface area contributed by atoms with Gasteiger partial charge in [0.05, 0.1) is 11.6 Å². The minimum absolute atomic E-state index is 0.204. The van der Waals surface area contributed by atoms with Gasteiger partial charge in [0, 0.05) is 22.6 Å². The third-order valence-electron chi connectivity index (χ3n) is 4.51. The van der Waals surface area contributed by atoms with Crippen molar-refractivity contribution in [1.29, 1.82) is 0 Å². The van der Waals surface area contributed by atoms with Gasteiger partial charge >= 0.3 is 5.97 Å². The molecule has 1 fully saturated rings. The van der Waals surface area contributed by atoms with E-state index in [1.54, 1.807) is 17.9 Å². The van der Waals surface area contributed by atoms with E-state index in [1.165, 1.54) is 0 Å². The van der Waals surface area contributed by atoms with Crippen LogP contribution in [0, 0.1) is 5.92 Å². The molecule has 0 unspecified atom stereocenters. The molecule has 126 valence electrons. The Morgan fingerprint density at radius 1 is 1.33 bits per heavy atom. The molecule has 0 saturated carbocycles. The van der Waals surface area contributed by atoms with Crippen molar-refractivity contribution in [3.63, 3.8) is 0 Å². The topological polar surface area (TPSA) is 86.3 Å². The van der Waals surface area contributed by atoms with Gasteiger partial charge in [-0.1, -0.05) is 28.1 Å². The second-order valence-electron chi connectivity index (χ2n) is 6.00. The largest absolute Gasteiger partial charge is 0.481 e. The van der Waals surface area contributed by atoms with E-state index >= 15 is 0 Å². The number of carbonyl (C=O) groups is 2. The minimum atomic E-state index is -0.847. The SMILES string of the molecule is C[C@@H]1[C@H](C(=O)O)CCCN1C(=O)c1cc(-c2ccc(Br)cc2)n[nH]1. The molecule has 1 aromatic heterocycles. The zero-order valence-electron chi connectivity index (χ0n) is 13.2. The number of nitrogens with one attached hydrogen (secondary N) is 1. The van der Waals surface area contributed by atoms with Crippen molar-refractivity contribution in [3.05, 3.63) is 40.5 Å². The highest BCUT2D eigenvalue weighted by atomic mass is 79.9. The van der Waals surface area contributed by atoms with Crippen molar-refractivity contribution in [2.75, 3.05) is 6.54 Å². The maximum Gasteiger partial charge on any atom is 0.308 e. The molecule has 24 heavy (non-hydrogen) atoms. The van der Waals surface area contributed by atoms with Crippen LogP contribution in [0.2, 0.25) is 0 Å². The number of amides is 1.